The summed E-state index contributed by atoms with van der Waals surface area (Å²) < 4.78 is 5.65. The highest BCUT2D eigenvalue weighted by molar-refractivity contribution is 14.1. The van der Waals surface area contributed by atoms with E-state index in [0.717, 1.165) is 9.09 Å². The quantitative estimate of drug-likeness (QED) is 0.468. The third-order valence-corrected chi connectivity index (χ3v) is 4.57. The molecule has 1 aromatic carbocycles. The van der Waals surface area contributed by atoms with Crippen LogP contribution in [0, 0.1) is 3.70 Å². The van der Waals surface area contributed by atoms with Crippen molar-refractivity contribution in [2.45, 2.75) is 0 Å². The molecule has 0 aliphatic carbocycles. The van der Waals surface area contributed by atoms with Gasteiger partial charge in [-0.3, -0.25) is 9.89 Å². The predicted octanol–water partition coefficient (Wildman–Crippen LogP) is 0.841. The van der Waals surface area contributed by atoms with Crippen LogP contribution in [0.5, 0.6) is 0 Å². The molecule has 1 amide bonds. The number of carbonyl (C=O) groups excluding carboxylic acids is 2. The highest BCUT2D eigenvalue weighted by atomic mass is 127. The van der Waals surface area contributed by atoms with Crippen LogP contribution in [0.4, 0.5) is 5.69 Å². The summed E-state index contributed by atoms with van der Waals surface area (Å²) in [6.45, 7) is 0.0676. The molecule has 8 nitrogen and oxygen atoms in total. The Morgan fingerprint density at radius 3 is 3.04 bits per heavy atom. The van der Waals surface area contributed by atoms with E-state index in [-0.39, 0.29) is 36.9 Å². The summed E-state index contributed by atoms with van der Waals surface area (Å²) in [5, 5.41) is 20.1. The molecule has 0 atom stereocenters. The lowest BCUT2D eigenvalue weighted by atomic mass is 10.2. The Bertz CT molecular complexity index is 845. The standard InChI is InChI=1S/C15H15IN4O4/c1-24-15(23)9-7-20(5-6-21)14(22)12(9)17-10-4-2-3-8-11(10)18-19-13(8)16/h2-4,17,21H,5-7H2,1H3,(H,18,19). The Labute approximate surface area is 151 Å². The Kier molecular flexibility index (Phi) is 4.71. The van der Waals surface area contributed by atoms with E-state index >= 15 is 0 Å². The molecule has 1 aliphatic rings. The molecule has 126 valence electrons. The highest BCUT2D eigenvalue weighted by Crippen LogP contribution is 2.28. The van der Waals surface area contributed by atoms with Crippen LogP contribution in [-0.4, -0.2) is 58.9 Å². The SMILES string of the molecule is COC(=O)C1=C(Nc2cccc3c(I)[nH]nc23)C(=O)N(CCO)C1. The minimum Gasteiger partial charge on any atom is -0.466 e. The maximum atomic E-state index is 12.5. The average molecular weight is 442 g/mol. The van der Waals surface area contributed by atoms with Crippen molar-refractivity contribution in [3.63, 3.8) is 0 Å². The van der Waals surface area contributed by atoms with Crippen molar-refractivity contribution in [3.8, 4) is 0 Å². The molecular weight excluding hydrogens is 427 g/mol. The lowest BCUT2D eigenvalue weighted by Gasteiger charge is -2.15. The zero-order valence-corrected chi connectivity index (χ0v) is 15.0. The molecule has 2 heterocycles. The van der Waals surface area contributed by atoms with Gasteiger partial charge in [0.2, 0.25) is 0 Å². The van der Waals surface area contributed by atoms with Gasteiger partial charge in [0.05, 0.1) is 31.5 Å². The fourth-order valence-corrected chi connectivity index (χ4v) is 3.15. The summed E-state index contributed by atoms with van der Waals surface area (Å²) in [7, 11) is 1.27. The monoisotopic (exact) mass is 442 g/mol. The number of H-pyrrole nitrogens is 1. The number of fused-ring (bicyclic) bond motifs is 1. The van der Waals surface area contributed by atoms with E-state index in [9.17, 15) is 9.59 Å². The number of anilines is 1. The number of halogens is 1. The number of rotatable bonds is 5. The van der Waals surface area contributed by atoms with Gasteiger partial charge >= 0.3 is 5.97 Å². The fourth-order valence-electron chi connectivity index (χ4n) is 2.59. The van der Waals surface area contributed by atoms with Crippen molar-refractivity contribution in [2.24, 2.45) is 0 Å². The number of hydrogen-bond donors (Lipinski definition) is 3. The number of carbonyl (C=O) groups is 2. The molecule has 24 heavy (non-hydrogen) atoms. The number of nitrogens with zero attached hydrogens (tertiary/aromatic N) is 2. The number of nitrogens with one attached hydrogen (secondary N) is 2. The number of amides is 1. The first-order valence-electron chi connectivity index (χ1n) is 7.18. The normalized spacial score (nSPS) is 14.6. The first-order valence-corrected chi connectivity index (χ1v) is 8.26. The van der Waals surface area contributed by atoms with Gasteiger partial charge in [0.1, 0.15) is 14.9 Å². The van der Waals surface area contributed by atoms with Crippen LogP contribution < -0.4 is 5.32 Å². The van der Waals surface area contributed by atoms with Gasteiger partial charge in [0.15, 0.2) is 0 Å². The van der Waals surface area contributed by atoms with Crippen LogP contribution in [0.3, 0.4) is 0 Å². The molecule has 0 saturated carbocycles. The molecule has 0 unspecified atom stereocenters. The first kappa shape index (κ1) is 16.7. The summed E-state index contributed by atoms with van der Waals surface area (Å²) in [6.07, 6.45) is 0. The van der Waals surface area contributed by atoms with E-state index in [2.05, 4.69) is 38.1 Å². The molecule has 0 spiro atoms. The fraction of sp³-hybridized carbons (Fsp3) is 0.267. The van der Waals surface area contributed by atoms with Crippen molar-refractivity contribution in [1.29, 1.82) is 0 Å². The lowest BCUT2D eigenvalue weighted by Crippen LogP contribution is -2.31. The van der Waals surface area contributed by atoms with Crippen LogP contribution in [0.15, 0.2) is 29.5 Å². The molecule has 0 saturated heterocycles. The molecule has 3 N–H and O–H groups in total. The van der Waals surface area contributed by atoms with Gasteiger partial charge in [-0.25, -0.2) is 4.79 Å². The van der Waals surface area contributed by atoms with Crippen molar-refractivity contribution in [1.82, 2.24) is 15.1 Å². The van der Waals surface area contributed by atoms with E-state index in [1.165, 1.54) is 12.0 Å². The second kappa shape index (κ2) is 6.77. The minimum absolute atomic E-state index is 0.0997. The lowest BCUT2D eigenvalue weighted by molar-refractivity contribution is -0.136. The van der Waals surface area contributed by atoms with E-state index in [1.807, 2.05) is 12.1 Å². The molecule has 9 heteroatoms. The number of ether oxygens (including phenoxy) is 1. The van der Waals surface area contributed by atoms with E-state index in [1.54, 1.807) is 6.07 Å². The van der Waals surface area contributed by atoms with Crippen LogP contribution in [0.25, 0.3) is 10.9 Å². The molecule has 1 aromatic heterocycles. The maximum Gasteiger partial charge on any atom is 0.337 e. The number of β-amino-alcohol motifs (C(OH)–C–C–N with tert-alkyl or cyclic N) is 1. The molecular formula is C15H15IN4O4. The number of aliphatic hydroxyl groups excluding tert-OH is 1. The van der Waals surface area contributed by atoms with Gasteiger partial charge in [-0.05, 0) is 34.7 Å². The summed E-state index contributed by atoms with van der Waals surface area (Å²) in [4.78, 5) is 25.9. The van der Waals surface area contributed by atoms with Gasteiger partial charge in [0.25, 0.3) is 5.91 Å². The van der Waals surface area contributed by atoms with E-state index in [0.29, 0.717) is 11.2 Å². The molecule has 3 rings (SSSR count). The molecule has 0 radical (unpaired) electrons. The average Bonchev–Trinajstić information content (AvgIpc) is 3.11. The summed E-state index contributed by atoms with van der Waals surface area (Å²) in [6, 6.07) is 5.53. The van der Waals surface area contributed by atoms with Crippen molar-refractivity contribution < 1.29 is 19.4 Å². The van der Waals surface area contributed by atoms with E-state index in [4.69, 9.17) is 9.84 Å². The van der Waals surface area contributed by atoms with Gasteiger partial charge in [-0.15, -0.1) is 0 Å². The molecule has 1 aliphatic heterocycles. The third kappa shape index (κ3) is 2.84. The first-order chi connectivity index (χ1) is 11.6. The minimum atomic E-state index is -0.574. The number of aromatic amines is 1. The highest BCUT2D eigenvalue weighted by Gasteiger charge is 2.34. The zero-order chi connectivity index (χ0) is 17.3. The molecule has 0 bridgehead atoms. The second-order valence-electron chi connectivity index (χ2n) is 5.16. The number of benzene rings is 1. The Morgan fingerprint density at radius 1 is 1.54 bits per heavy atom. The topological polar surface area (TPSA) is 108 Å². The predicted molar refractivity (Wildman–Crippen MR) is 95.1 cm³/mol. The Hall–Kier alpha value is -2.14. The maximum absolute atomic E-state index is 12.5. The largest absolute Gasteiger partial charge is 0.466 e. The van der Waals surface area contributed by atoms with Gasteiger partial charge in [-0.1, -0.05) is 6.07 Å². The number of hydrogen-bond acceptors (Lipinski definition) is 6. The summed E-state index contributed by atoms with van der Waals surface area (Å²) in [5.41, 5.74) is 1.67. The van der Waals surface area contributed by atoms with Crippen molar-refractivity contribution >= 4 is 51.1 Å². The number of esters is 1. The second-order valence-corrected chi connectivity index (χ2v) is 6.24. The number of para-hydroxylation sites is 1. The number of aromatic nitrogens is 2. The van der Waals surface area contributed by atoms with E-state index < -0.39 is 5.97 Å². The van der Waals surface area contributed by atoms with Crippen LogP contribution in [0.1, 0.15) is 0 Å². The van der Waals surface area contributed by atoms with Gasteiger partial charge < -0.3 is 20.1 Å². The van der Waals surface area contributed by atoms with Crippen LogP contribution in [0.2, 0.25) is 0 Å². The van der Waals surface area contributed by atoms with Crippen molar-refractivity contribution in [3.05, 3.63) is 33.2 Å². The van der Waals surface area contributed by atoms with Crippen molar-refractivity contribution in [2.75, 3.05) is 32.1 Å². The Morgan fingerprint density at radius 2 is 2.33 bits per heavy atom. The summed E-state index contributed by atoms with van der Waals surface area (Å²) in [5.74, 6) is -0.929. The Balaban J connectivity index is 2.01. The molecule has 0 fully saturated rings. The molecule has 2 aromatic rings. The number of aliphatic hydroxyl groups is 1. The summed E-state index contributed by atoms with van der Waals surface area (Å²) >= 11 is 2.14. The zero-order valence-electron chi connectivity index (χ0n) is 12.8. The third-order valence-electron chi connectivity index (χ3n) is 3.75. The number of methoxy groups -OCH3 is 1. The van der Waals surface area contributed by atoms with Crippen LogP contribution >= 0.6 is 22.6 Å². The van der Waals surface area contributed by atoms with Gasteiger partial charge in [0, 0.05) is 11.9 Å². The van der Waals surface area contributed by atoms with Crippen LogP contribution in [-0.2, 0) is 14.3 Å². The smallest absolute Gasteiger partial charge is 0.337 e. The van der Waals surface area contributed by atoms with Gasteiger partial charge in [-0.2, -0.15) is 5.10 Å².